The van der Waals surface area contributed by atoms with Crippen molar-refractivity contribution in [1.29, 1.82) is 0 Å². The number of fused-ring (bicyclic) bond motifs is 5. The molecule has 2 bridgehead atoms. The van der Waals surface area contributed by atoms with Gasteiger partial charge in [0.1, 0.15) is 11.2 Å². The third-order valence-electron chi connectivity index (χ3n) is 8.06. The monoisotopic (exact) mass is 528 g/mol. The molecule has 0 spiro atoms. The predicted molar refractivity (Wildman–Crippen MR) is 144 cm³/mol. The van der Waals surface area contributed by atoms with Crippen LogP contribution in [-0.4, -0.2) is 42.0 Å². The number of carbonyl (C=O) groups is 1. The second-order valence-corrected chi connectivity index (χ2v) is 11.4. The van der Waals surface area contributed by atoms with Gasteiger partial charge < -0.3 is 15.4 Å². The molecular formula is C28H25FN6O2S. The predicted octanol–water partition coefficient (Wildman–Crippen LogP) is 6.05. The van der Waals surface area contributed by atoms with Gasteiger partial charge in [-0.05, 0) is 62.0 Å². The van der Waals surface area contributed by atoms with Crippen LogP contribution in [0.15, 0.2) is 42.7 Å². The summed E-state index contributed by atoms with van der Waals surface area (Å²) in [4.78, 5) is 34.4. The SMILES string of the molecule is Cc1cnc2[nH]cc(-c3nc(N[C@H]4C5CCC(CC5)[C@@H]4C(=O)O)c(F)c(-c4cc5ccccc5s4)n3)c2n1. The molecule has 4 aromatic heterocycles. The van der Waals surface area contributed by atoms with Gasteiger partial charge in [0.15, 0.2) is 23.1 Å². The quantitative estimate of drug-likeness (QED) is 0.254. The summed E-state index contributed by atoms with van der Waals surface area (Å²) in [5.74, 6) is -1.40. The normalized spacial score (nSPS) is 22.8. The number of benzene rings is 1. The summed E-state index contributed by atoms with van der Waals surface area (Å²) in [7, 11) is 0. The number of carboxylic acids is 1. The lowest BCUT2D eigenvalue weighted by molar-refractivity contribution is -0.148. The molecular weight excluding hydrogens is 503 g/mol. The van der Waals surface area contributed by atoms with Crippen LogP contribution in [0.3, 0.4) is 0 Å². The zero-order valence-corrected chi connectivity index (χ0v) is 21.4. The first-order valence-electron chi connectivity index (χ1n) is 12.8. The Kier molecular flexibility index (Phi) is 5.40. The van der Waals surface area contributed by atoms with Gasteiger partial charge in [-0.1, -0.05) is 18.2 Å². The number of aromatic nitrogens is 5. The van der Waals surface area contributed by atoms with Gasteiger partial charge in [0.05, 0.1) is 28.2 Å². The number of rotatable bonds is 5. The molecule has 0 saturated heterocycles. The minimum absolute atomic E-state index is 0.0289. The topological polar surface area (TPSA) is 117 Å². The van der Waals surface area contributed by atoms with Crippen molar-refractivity contribution in [2.24, 2.45) is 17.8 Å². The van der Waals surface area contributed by atoms with Crippen molar-refractivity contribution in [3.05, 3.63) is 54.2 Å². The summed E-state index contributed by atoms with van der Waals surface area (Å²) in [5, 5.41) is 14.3. The molecule has 0 radical (unpaired) electrons. The van der Waals surface area contributed by atoms with Crippen molar-refractivity contribution in [2.75, 3.05) is 5.32 Å². The van der Waals surface area contributed by atoms with Gasteiger partial charge in [-0.3, -0.25) is 4.79 Å². The van der Waals surface area contributed by atoms with E-state index in [1.807, 2.05) is 37.3 Å². The van der Waals surface area contributed by atoms with Crippen molar-refractivity contribution in [1.82, 2.24) is 24.9 Å². The minimum atomic E-state index is -0.835. The molecule has 0 unspecified atom stereocenters. The third kappa shape index (κ3) is 3.74. The van der Waals surface area contributed by atoms with E-state index in [2.05, 4.69) is 25.3 Å². The molecule has 8 rings (SSSR count). The Labute approximate surface area is 221 Å². The minimum Gasteiger partial charge on any atom is -0.481 e. The summed E-state index contributed by atoms with van der Waals surface area (Å²) in [5.41, 5.74) is 2.73. The smallest absolute Gasteiger partial charge is 0.308 e. The molecule has 4 heterocycles. The highest BCUT2D eigenvalue weighted by molar-refractivity contribution is 7.22. The molecule has 3 fully saturated rings. The Balaban J connectivity index is 1.40. The lowest BCUT2D eigenvalue weighted by atomic mass is 9.61. The second-order valence-electron chi connectivity index (χ2n) is 10.3. The number of H-pyrrole nitrogens is 1. The fraction of sp³-hybridized carbons (Fsp3) is 0.321. The van der Waals surface area contributed by atoms with Crippen LogP contribution >= 0.6 is 11.3 Å². The molecule has 3 saturated carbocycles. The van der Waals surface area contributed by atoms with Crippen LogP contribution in [0, 0.1) is 30.5 Å². The number of nitrogens with one attached hydrogen (secondary N) is 2. The van der Waals surface area contributed by atoms with E-state index in [0.717, 1.165) is 41.5 Å². The number of anilines is 1. The highest BCUT2D eigenvalue weighted by Crippen LogP contribution is 2.47. The first kappa shape index (κ1) is 23.2. The first-order chi connectivity index (χ1) is 18.5. The Morgan fingerprint density at radius 1 is 1.13 bits per heavy atom. The van der Waals surface area contributed by atoms with Gasteiger partial charge in [0, 0.05) is 16.9 Å². The Morgan fingerprint density at radius 2 is 1.92 bits per heavy atom. The van der Waals surface area contributed by atoms with Gasteiger partial charge in [-0.15, -0.1) is 11.3 Å². The Morgan fingerprint density at radius 3 is 2.71 bits per heavy atom. The van der Waals surface area contributed by atoms with E-state index in [4.69, 9.17) is 4.98 Å². The van der Waals surface area contributed by atoms with Crippen molar-refractivity contribution in [2.45, 2.75) is 38.6 Å². The van der Waals surface area contributed by atoms with Gasteiger partial charge in [-0.25, -0.2) is 24.3 Å². The standard InChI is InChI=1S/C28H25FN6O2S/c1-13-11-30-27-23(32-13)17(12-31-27)25-34-24(19-10-16-4-2-3-5-18(16)38-19)21(29)26(35-25)33-22-15-8-6-14(7-9-15)20(22)28(36)37/h2-5,10-12,14-15,20,22H,6-9H2,1H3,(H,30,31)(H,36,37)(H,33,34,35)/t14?,15?,20-,22-/m0/s1. The first-order valence-corrected chi connectivity index (χ1v) is 13.6. The van der Waals surface area contributed by atoms with Gasteiger partial charge in [0.2, 0.25) is 0 Å². The lowest BCUT2D eigenvalue weighted by Crippen LogP contribution is -2.51. The molecule has 5 aromatic rings. The van der Waals surface area contributed by atoms with E-state index in [1.54, 1.807) is 12.4 Å². The van der Waals surface area contributed by atoms with E-state index in [9.17, 15) is 9.90 Å². The van der Waals surface area contributed by atoms with Crippen LogP contribution in [-0.2, 0) is 4.79 Å². The largest absolute Gasteiger partial charge is 0.481 e. The van der Waals surface area contributed by atoms with E-state index in [1.165, 1.54) is 11.3 Å². The number of hydrogen-bond acceptors (Lipinski definition) is 7. The maximum atomic E-state index is 16.2. The molecule has 0 aliphatic heterocycles. The number of nitrogens with zero attached hydrogens (tertiary/aromatic N) is 4. The zero-order chi connectivity index (χ0) is 26.0. The molecule has 0 amide bonds. The maximum Gasteiger partial charge on any atom is 0.308 e. The average Bonchev–Trinajstić information content (AvgIpc) is 3.54. The molecule has 3 aliphatic rings. The van der Waals surface area contributed by atoms with Crippen molar-refractivity contribution in [3.63, 3.8) is 0 Å². The van der Waals surface area contributed by atoms with Crippen LogP contribution in [0.1, 0.15) is 31.4 Å². The summed E-state index contributed by atoms with van der Waals surface area (Å²) >= 11 is 1.46. The summed E-state index contributed by atoms with van der Waals surface area (Å²) in [6.07, 6.45) is 7.08. The highest BCUT2D eigenvalue weighted by Gasteiger charge is 2.47. The molecule has 192 valence electrons. The van der Waals surface area contributed by atoms with E-state index in [-0.39, 0.29) is 23.3 Å². The summed E-state index contributed by atoms with van der Waals surface area (Å²) in [6.45, 7) is 1.86. The van der Waals surface area contributed by atoms with E-state index < -0.39 is 23.7 Å². The van der Waals surface area contributed by atoms with Crippen LogP contribution < -0.4 is 5.32 Å². The fourth-order valence-corrected chi connectivity index (χ4v) is 7.29. The Hall–Kier alpha value is -3.92. The fourth-order valence-electron chi connectivity index (χ4n) is 6.25. The van der Waals surface area contributed by atoms with Crippen LogP contribution in [0.4, 0.5) is 10.2 Å². The van der Waals surface area contributed by atoms with Crippen molar-refractivity contribution < 1.29 is 14.3 Å². The van der Waals surface area contributed by atoms with Gasteiger partial charge in [0.25, 0.3) is 0 Å². The van der Waals surface area contributed by atoms with Crippen molar-refractivity contribution in [3.8, 4) is 22.0 Å². The molecule has 10 heteroatoms. The molecule has 1 aromatic carbocycles. The summed E-state index contributed by atoms with van der Waals surface area (Å²) in [6, 6.07) is 9.43. The lowest BCUT2D eigenvalue weighted by Gasteiger charge is -2.47. The third-order valence-corrected chi connectivity index (χ3v) is 9.18. The number of halogens is 1. The maximum absolute atomic E-state index is 16.2. The molecule has 38 heavy (non-hydrogen) atoms. The van der Waals surface area contributed by atoms with E-state index in [0.29, 0.717) is 27.4 Å². The average molecular weight is 529 g/mol. The number of carboxylic acid groups (broad SMARTS) is 1. The molecule has 3 N–H and O–H groups in total. The number of aryl methyl sites for hydroxylation is 1. The molecule has 8 nitrogen and oxygen atoms in total. The highest BCUT2D eigenvalue weighted by atomic mass is 32.1. The second kappa shape index (κ2) is 8.83. The molecule has 2 atom stereocenters. The number of thiophene rings is 1. The van der Waals surface area contributed by atoms with E-state index >= 15 is 4.39 Å². The van der Waals surface area contributed by atoms with Crippen LogP contribution in [0.2, 0.25) is 0 Å². The zero-order valence-electron chi connectivity index (χ0n) is 20.6. The number of hydrogen-bond donors (Lipinski definition) is 3. The van der Waals surface area contributed by atoms with Crippen molar-refractivity contribution >= 4 is 44.4 Å². The number of aliphatic carboxylic acids is 1. The number of aromatic amines is 1. The molecule has 3 aliphatic carbocycles. The van der Waals surface area contributed by atoms with Gasteiger partial charge in [-0.2, -0.15) is 0 Å². The van der Waals surface area contributed by atoms with Crippen LogP contribution in [0.25, 0.3) is 43.2 Å². The van der Waals surface area contributed by atoms with Gasteiger partial charge >= 0.3 is 5.97 Å². The Bertz CT molecular complexity index is 1670. The van der Waals surface area contributed by atoms with Crippen LogP contribution in [0.5, 0.6) is 0 Å². The summed E-state index contributed by atoms with van der Waals surface area (Å²) < 4.78 is 17.3.